The lowest BCUT2D eigenvalue weighted by Gasteiger charge is -2.08. The van der Waals surface area contributed by atoms with Crippen molar-refractivity contribution in [2.45, 2.75) is 0 Å². The number of rotatable bonds is 3. The normalized spacial score (nSPS) is 9.60. The summed E-state index contributed by atoms with van der Waals surface area (Å²) in [6.07, 6.45) is 3.50. The molecule has 0 saturated heterocycles. The van der Waals surface area contributed by atoms with E-state index in [0.29, 0.717) is 0 Å². The molecule has 74 valence electrons. The first-order valence-electron chi connectivity index (χ1n) is 4.77. The molecule has 2 rings (SSSR count). The van der Waals surface area contributed by atoms with Gasteiger partial charge < -0.3 is 5.32 Å². The molecule has 0 fully saturated rings. The number of aromatic nitrogens is 1. The molecule has 0 radical (unpaired) electrons. The van der Waals surface area contributed by atoms with Crippen molar-refractivity contribution in [3.63, 3.8) is 0 Å². The van der Waals surface area contributed by atoms with Gasteiger partial charge in [-0.3, -0.25) is 4.98 Å². The zero-order valence-corrected chi connectivity index (χ0v) is 8.35. The lowest BCUT2D eigenvalue weighted by atomic mass is 10.2. The second-order valence-corrected chi connectivity index (χ2v) is 3.21. The van der Waals surface area contributed by atoms with Gasteiger partial charge in [-0.2, -0.15) is 0 Å². The van der Waals surface area contributed by atoms with Crippen LogP contribution in [0.15, 0.2) is 61.4 Å². The maximum absolute atomic E-state index is 3.99. The molecule has 1 N–H and O–H groups in total. The summed E-state index contributed by atoms with van der Waals surface area (Å²) in [6, 6.07) is 13.8. The van der Waals surface area contributed by atoms with Crippen LogP contribution in [0.5, 0.6) is 0 Å². The number of pyridine rings is 1. The summed E-state index contributed by atoms with van der Waals surface area (Å²) in [7, 11) is 0. The van der Waals surface area contributed by atoms with Gasteiger partial charge in [0.25, 0.3) is 0 Å². The van der Waals surface area contributed by atoms with Gasteiger partial charge in [0.2, 0.25) is 0 Å². The second kappa shape index (κ2) is 4.42. The van der Waals surface area contributed by atoms with Crippen LogP contribution in [0.3, 0.4) is 0 Å². The maximum atomic E-state index is 3.99. The Morgan fingerprint density at radius 1 is 1.00 bits per heavy atom. The molecule has 1 heterocycles. The van der Waals surface area contributed by atoms with E-state index in [9.17, 15) is 0 Å². The van der Waals surface area contributed by atoms with Gasteiger partial charge in [0.05, 0.1) is 0 Å². The standard InChI is InChI=1S/C13H12N2/c1-11(12-5-3-2-4-6-12)15-13-7-9-14-10-8-13/h2-10H,1H2,(H,14,15). The molecule has 0 bridgehead atoms. The third-order valence-electron chi connectivity index (χ3n) is 2.10. The van der Waals surface area contributed by atoms with Gasteiger partial charge >= 0.3 is 0 Å². The van der Waals surface area contributed by atoms with Crippen molar-refractivity contribution in [2.24, 2.45) is 0 Å². The highest BCUT2D eigenvalue weighted by Gasteiger charge is 1.97. The van der Waals surface area contributed by atoms with Gasteiger partial charge in [-0.1, -0.05) is 36.9 Å². The molecule has 1 aromatic heterocycles. The van der Waals surface area contributed by atoms with Crippen molar-refractivity contribution < 1.29 is 0 Å². The SMILES string of the molecule is C=C(Nc1ccncc1)c1ccccc1. The molecule has 0 aliphatic heterocycles. The van der Waals surface area contributed by atoms with Crippen LogP contribution in [0.1, 0.15) is 5.56 Å². The number of benzene rings is 1. The summed E-state index contributed by atoms with van der Waals surface area (Å²) in [5.74, 6) is 0. The summed E-state index contributed by atoms with van der Waals surface area (Å²) in [6.45, 7) is 3.99. The highest BCUT2D eigenvalue weighted by molar-refractivity contribution is 5.74. The molecule has 0 saturated carbocycles. The maximum Gasteiger partial charge on any atom is 0.0415 e. The Hall–Kier alpha value is -2.09. The first-order valence-corrected chi connectivity index (χ1v) is 4.77. The zero-order chi connectivity index (χ0) is 10.5. The molecule has 0 amide bonds. The van der Waals surface area contributed by atoms with Gasteiger partial charge in [0.1, 0.15) is 0 Å². The highest BCUT2D eigenvalue weighted by atomic mass is 14.9. The Bertz CT molecular complexity index is 435. The summed E-state index contributed by atoms with van der Waals surface area (Å²) in [5.41, 5.74) is 2.98. The van der Waals surface area contributed by atoms with E-state index in [2.05, 4.69) is 16.9 Å². The van der Waals surface area contributed by atoms with Crippen LogP contribution < -0.4 is 5.32 Å². The third-order valence-corrected chi connectivity index (χ3v) is 2.10. The molecule has 0 atom stereocenters. The van der Waals surface area contributed by atoms with E-state index in [1.165, 1.54) is 0 Å². The first-order chi connectivity index (χ1) is 7.36. The molecule has 0 aliphatic carbocycles. The van der Waals surface area contributed by atoms with Crippen molar-refractivity contribution in [2.75, 3.05) is 5.32 Å². The smallest absolute Gasteiger partial charge is 0.0415 e. The van der Waals surface area contributed by atoms with Crippen LogP contribution in [0.25, 0.3) is 5.70 Å². The quantitative estimate of drug-likeness (QED) is 0.815. The van der Waals surface area contributed by atoms with Crippen LogP contribution in [-0.4, -0.2) is 4.98 Å². The minimum Gasteiger partial charge on any atom is -0.355 e. The van der Waals surface area contributed by atoms with E-state index in [-0.39, 0.29) is 0 Å². The number of nitrogens with zero attached hydrogens (tertiary/aromatic N) is 1. The van der Waals surface area contributed by atoms with Gasteiger partial charge in [-0.05, 0) is 17.7 Å². The third kappa shape index (κ3) is 2.44. The number of anilines is 1. The average molecular weight is 196 g/mol. The van der Waals surface area contributed by atoms with Crippen LogP contribution >= 0.6 is 0 Å². The minimum atomic E-state index is 0.891. The summed E-state index contributed by atoms with van der Waals surface area (Å²) in [4.78, 5) is 3.96. The summed E-state index contributed by atoms with van der Waals surface area (Å²) < 4.78 is 0. The van der Waals surface area contributed by atoms with Gasteiger partial charge in [0.15, 0.2) is 0 Å². The largest absolute Gasteiger partial charge is 0.355 e. The molecular weight excluding hydrogens is 184 g/mol. The van der Waals surface area contributed by atoms with E-state index in [0.717, 1.165) is 16.9 Å². The fourth-order valence-corrected chi connectivity index (χ4v) is 1.32. The van der Waals surface area contributed by atoms with E-state index < -0.39 is 0 Å². The molecule has 15 heavy (non-hydrogen) atoms. The summed E-state index contributed by atoms with van der Waals surface area (Å²) in [5, 5.41) is 3.22. The van der Waals surface area contributed by atoms with E-state index in [1.54, 1.807) is 12.4 Å². The van der Waals surface area contributed by atoms with Crippen LogP contribution in [0.2, 0.25) is 0 Å². The molecule has 0 spiro atoms. The van der Waals surface area contributed by atoms with E-state index in [1.807, 2.05) is 42.5 Å². The Labute approximate surface area is 89.3 Å². The van der Waals surface area contributed by atoms with Gasteiger partial charge in [0, 0.05) is 23.8 Å². The van der Waals surface area contributed by atoms with Gasteiger partial charge in [-0.15, -0.1) is 0 Å². The first kappa shape index (κ1) is 9.46. The molecule has 0 unspecified atom stereocenters. The van der Waals surface area contributed by atoms with Crippen LogP contribution in [-0.2, 0) is 0 Å². The fourth-order valence-electron chi connectivity index (χ4n) is 1.32. The topological polar surface area (TPSA) is 24.9 Å². The Morgan fingerprint density at radius 3 is 2.33 bits per heavy atom. The average Bonchev–Trinajstić information content (AvgIpc) is 2.31. The van der Waals surface area contributed by atoms with Crippen molar-refractivity contribution in [1.29, 1.82) is 0 Å². The van der Waals surface area contributed by atoms with Crippen molar-refractivity contribution in [3.8, 4) is 0 Å². The second-order valence-electron chi connectivity index (χ2n) is 3.21. The van der Waals surface area contributed by atoms with Gasteiger partial charge in [-0.25, -0.2) is 0 Å². The minimum absolute atomic E-state index is 0.891. The van der Waals surface area contributed by atoms with Crippen molar-refractivity contribution >= 4 is 11.4 Å². The van der Waals surface area contributed by atoms with E-state index >= 15 is 0 Å². The molecular formula is C13H12N2. The fraction of sp³-hybridized carbons (Fsp3) is 0. The highest BCUT2D eigenvalue weighted by Crippen LogP contribution is 2.15. The molecule has 1 aromatic carbocycles. The molecule has 0 aliphatic rings. The number of hydrogen-bond acceptors (Lipinski definition) is 2. The lowest BCUT2D eigenvalue weighted by Crippen LogP contribution is -1.96. The molecule has 2 heteroatoms. The number of hydrogen-bond donors (Lipinski definition) is 1. The van der Waals surface area contributed by atoms with Crippen molar-refractivity contribution in [1.82, 2.24) is 4.98 Å². The predicted molar refractivity (Wildman–Crippen MR) is 63.3 cm³/mol. The summed E-state index contributed by atoms with van der Waals surface area (Å²) >= 11 is 0. The van der Waals surface area contributed by atoms with Crippen LogP contribution in [0, 0.1) is 0 Å². The van der Waals surface area contributed by atoms with Crippen LogP contribution in [0.4, 0.5) is 5.69 Å². The molecule has 2 nitrogen and oxygen atoms in total. The monoisotopic (exact) mass is 196 g/mol. The predicted octanol–water partition coefficient (Wildman–Crippen LogP) is 3.16. The Morgan fingerprint density at radius 2 is 1.67 bits per heavy atom. The zero-order valence-electron chi connectivity index (χ0n) is 8.35. The Kier molecular flexibility index (Phi) is 2.79. The van der Waals surface area contributed by atoms with E-state index in [4.69, 9.17) is 0 Å². The lowest BCUT2D eigenvalue weighted by molar-refractivity contribution is 1.33. The molecule has 2 aromatic rings. The number of nitrogens with one attached hydrogen (secondary N) is 1. The van der Waals surface area contributed by atoms with Crippen molar-refractivity contribution in [3.05, 3.63) is 67.0 Å². The Balaban J connectivity index is 2.12.